The first-order valence-electron chi connectivity index (χ1n) is 21.4. The van der Waals surface area contributed by atoms with Crippen molar-refractivity contribution < 1.29 is 39.1 Å². The molecular weight excluding hydrogens is 821 g/mol. The Hall–Kier alpha value is -4.70. The number of rotatable bonds is 29. The summed E-state index contributed by atoms with van der Waals surface area (Å²) in [5.41, 5.74) is 6.21. The van der Waals surface area contributed by atoms with Crippen LogP contribution in [0.1, 0.15) is 47.9 Å². The van der Waals surface area contributed by atoms with E-state index in [1.807, 2.05) is 97.2 Å². The van der Waals surface area contributed by atoms with Gasteiger partial charge in [-0.2, -0.15) is 0 Å². The lowest BCUT2D eigenvalue weighted by molar-refractivity contribution is -0.696. The summed E-state index contributed by atoms with van der Waals surface area (Å²) in [7, 11) is 7.26. The zero-order valence-corrected chi connectivity index (χ0v) is 38.0. The largest absolute Gasteiger partial charge is 0.395 e. The van der Waals surface area contributed by atoms with Crippen LogP contribution in [0.4, 0.5) is 11.4 Å². The summed E-state index contributed by atoms with van der Waals surface area (Å²) in [6.45, 7) is 4.78. The molecule has 0 aliphatic carbocycles. The lowest BCUT2D eigenvalue weighted by Crippen LogP contribution is -2.40. The fourth-order valence-electron chi connectivity index (χ4n) is 6.50. The van der Waals surface area contributed by atoms with Crippen molar-refractivity contribution >= 4 is 69.1 Å². The molecule has 4 aromatic rings. The zero-order chi connectivity index (χ0) is 44.4. The highest BCUT2D eigenvalue weighted by molar-refractivity contribution is 8.76. The number of hydrogen-bond acceptors (Lipinski definition) is 10. The van der Waals surface area contributed by atoms with Gasteiger partial charge in [-0.15, -0.1) is 0 Å². The predicted molar refractivity (Wildman–Crippen MR) is 255 cm³/mol. The molecule has 2 aromatic carbocycles. The van der Waals surface area contributed by atoms with E-state index < -0.39 is 0 Å². The van der Waals surface area contributed by atoms with Crippen LogP contribution in [0.25, 0.3) is 24.3 Å². The van der Waals surface area contributed by atoms with Crippen molar-refractivity contribution in [1.82, 2.24) is 9.80 Å². The Bertz CT molecular complexity index is 1780. The number of carbonyl (C=O) groups is 2. The van der Waals surface area contributed by atoms with Gasteiger partial charge in [-0.3, -0.25) is 9.59 Å². The van der Waals surface area contributed by atoms with Gasteiger partial charge in [0.25, 0.3) is 0 Å². The van der Waals surface area contributed by atoms with E-state index in [0.717, 1.165) is 58.0 Å². The normalized spacial score (nSPS) is 11.4. The third-order valence-corrected chi connectivity index (χ3v) is 12.9. The van der Waals surface area contributed by atoms with Crippen LogP contribution in [0.3, 0.4) is 0 Å². The number of hydrogen-bond donors (Lipinski definition) is 4. The highest BCUT2D eigenvalue weighted by Crippen LogP contribution is 2.24. The number of pyridine rings is 2. The van der Waals surface area contributed by atoms with Crippen LogP contribution in [-0.2, 0) is 22.7 Å². The van der Waals surface area contributed by atoms with Gasteiger partial charge in [0.15, 0.2) is 37.9 Å². The van der Waals surface area contributed by atoms with Crippen LogP contribution < -0.4 is 18.9 Å². The number of nitrogens with zero attached hydrogens (tertiary/aromatic N) is 6. The molecule has 2 aromatic heterocycles. The Kier molecular flexibility index (Phi) is 23.2. The van der Waals surface area contributed by atoms with Crippen molar-refractivity contribution in [3.8, 4) is 0 Å². The Morgan fingerprint density at radius 2 is 0.790 bits per heavy atom. The molecule has 0 unspecified atom stereocenters. The third-order valence-electron chi connectivity index (χ3n) is 10.3. The number of likely N-dealkylation sites (N-methyl/N-ethyl adjacent to an activating group) is 2. The van der Waals surface area contributed by atoms with Crippen molar-refractivity contribution in [2.24, 2.45) is 0 Å². The molecule has 0 saturated heterocycles. The summed E-state index contributed by atoms with van der Waals surface area (Å²) in [5, 5.41) is 37.1. The van der Waals surface area contributed by atoms with E-state index in [-0.39, 0.29) is 38.2 Å². The third kappa shape index (κ3) is 18.3. The minimum Gasteiger partial charge on any atom is -0.395 e. The highest BCUT2D eigenvalue weighted by Gasteiger charge is 2.13. The quantitative estimate of drug-likeness (QED) is 0.0344. The summed E-state index contributed by atoms with van der Waals surface area (Å²) in [5.74, 6) is 2.10. The molecule has 334 valence electrons. The predicted octanol–water partition coefficient (Wildman–Crippen LogP) is 4.74. The second-order valence-electron chi connectivity index (χ2n) is 14.9. The van der Waals surface area contributed by atoms with Crippen LogP contribution in [0.15, 0.2) is 97.6 Å². The van der Waals surface area contributed by atoms with Crippen molar-refractivity contribution in [2.45, 2.75) is 38.8 Å². The monoisotopic (exact) mass is 886 g/mol. The van der Waals surface area contributed by atoms with E-state index in [1.54, 1.807) is 31.4 Å². The maximum atomic E-state index is 12.7. The molecule has 2 amide bonds. The standard InChI is InChI=1S/C48H66N6O6S2/c1-49(27-29-51-23-19-43(20-24-51)9-7-41-11-15-45(16-12-41)53(31-35-55)32-36-56)47(59)5-3-39-61-62-40-4-6-48(60)50(2)28-30-52-25-21-44(22-26-52)10-8-42-13-17-46(18-14-42)54(33-37-57)34-38-58/h7-26,55-58H,3-6,27-40H2,1-2H3/q+2. The van der Waals surface area contributed by atoms with Crippen molar-refractivity contribution in [2.75, 3.05) is 101 Å². The zero-order valence-electron chi connectivity index (χ0n) is 36.4. The molecule has 4 N–H and O–H groups in total. The van der Waals surface area contributed by atoms with E-state index in [2.05, 4.69) is 57.7 Å². The van der Waals surface area contributed by atoms with Crippen LogP contribution >= 0.6 is 21.6 Å². The van der Waals surface area contributed by atoms with Crippen LogP contribution in [-0.4, -0.2) is 133 Å². The minimum absolute atomic E-state index is 0.0368. The number of aromatic nitrogens is 2. The molecule has 0 fully saturated rings. The molecule has 0 atom stereocenters. The molecule has 14 heteroatoms. The Morgan fingerprint density at radius 3 is 1.10 bits per heavy atom. The maximum Gasteiger partial charge on any atom is 0.222 e. The van der Waals surface area contributed by atoms with Gasteiger partial charge >= 0.3 is 0 Å². The summed E-state index contributed by atoms with van der Waals surface area (Å²) >= 11 is 0. The fourth-order valence-corrected chi connectivity index (χ4v) is 8.68. The first kappa shape index (κ1) is 50.0. The Balaban J connectivity index is 1.02. The molecule has 0 aliphatic rings. The number of anilines is 2. The topological polar surface area (TPSA) is 136 Å². The van der Waals surface area contributed by atoms with Gasteiger partial charge in [0.2, 0.25) is 11.8 Å². The van der Waals surface area contributed by atoms with E-state index >= 15 is 0 Å². The average molecular weight is 887 g/mol. The van der Waals surface area contributed by atoms with Crippen LogP contribution in [0, 0.1) is 0 Å². The smallest absolute Gasteiger partial charge is 0.222 e. The van der Waals surface area contributed by atoms with Crippen molar-refractivity contribution in [3.05, 3.63) is 120 Å². The summed E-state index contributed by atoms with van der Waals surface area (Å²) in [6.07, 6.45) is 19.0. The van der Waals surface area contributed by atoms with Gasteiger partial charge in [0.05, 0.1) is 39.5 Å². The molecule has 62 heavy (non-hydrogen) atoms. The molecule has 4 rings (SSSR count). The summed E-state index contributed by atoms with van der Waals surface area (Å²) in [6, 6.07) is 24.3. The first-order chi connectivity index (χ1) is 30.2. The molecule has 2 heterocycles. The second-order valence-corrected chi connectivity index (χ2v) is 17.6. The summed E-state index contributed by atoms with van der Waals surface area (Å²) in [4.78, 5) is 33.0. The SMILES string of the molecule is CN(CC[n+]1ccc(C=Cc2ccc(N(CCO)CCO)cc2)cc1)C(=O)CCCSSCCCC(=O)N(C)CC[n+]1ccc(C=Cc2ccc(N(CCO)CCO)cc2)cc1. The Labute approximate surface area is 376 Å². The van der Waals surface area contributed by atoms with Gasteiger partial charge in [-0.1, -0.05) is 70.2 Å². The molecule has 0 bridgehead atoms. The maximum absolute atomic E-state index is 12.7. The lowest BCUT2D eigenvalue weighted by atomic mass is 10.1. The first-order valence-corrected chi connectivity index (χ1v) is 23.9. The van der Waals surface area contributed by atoms with Crippen molar-refractivity contribution in [1.29, 1.82) is 0 Å². The molecule has 0 saturated carbocycles. The van der Waals surface area contributed by atoms with E-state index in [0.29, 0.717) is 65.2 Å². The number of benzene rings is 2. The van der Waals surface area contributed by atoms with Gasteiger partial charge in [-0.25, -0.2) is 9.13 Å². The van der Waals surface area contributed by atoms with Crippen molar-refractivity contribution in [3.63, 3.8) is 0 Å². The van der Waals surface area contributed by atoms with E-state index in [1.165, 1.54) is 0 Å². The molecule has 0 aliphatic heterocycles. The lowest BCUT2D eigenvalue weighted by Gasteiger charge is -2.22. The van der Waals surface area contributed by atoms with Gasteiger partial charge < -0.3 is 40.0 Å². The number of aliphatic hydroxyl groups is 4. The van der Waals surface area contributed by atoms with Gasteiger partial charge in [0, 0.05) is 100 Å². The number of amides is 2. The van der Waals surface area contributed by atoms with E-state index in [9.17, 15) is 30.0 Å². The van der Waals surface area contributed by atoms with Crippen LogP contribution in [0.2, 0.25) is 0 Å². The average Bonchev–Trinajstić information content (AvgIpc) is 3.30. The molecule has 0 radical (unpaired) electrons. The summed E-state index contributed by atoms with van der Waals surface area (Å²) < 4.78 is 4.17. The Morgan fingerprint density at radius 1 is 0.484 bits per heavy atom. The van der Waals surface area contributed by atoms with Gasteiger partial charge in [-0.05, 0) is 59.4 Å². The molecule has 0 spiro atoms. The fraction of sp³-hybridized carbons (Fsp3) is 0.417. The van der Waals surface area contributed by atoms with E-state index in [4.69, 9.17) is 0 Å². The minimum atomic E-state index is 0.0368. The van der Waals surface area contributed by atoms with Gasteiger partial charge in [0.1, 0.15) is 0 Å². The molecular formula is C48H66N6O6S2+2. The molecule has 12 nitrogen and oxygen atoms in total. The second kappa shape index (κ2) is 28.8. The number of aliphatic hydroxyl groups excluding tert-OH is 4. The number of carbonyl (C=O) groups excluding carboxylic acids is 2. The van der Waals surface area contributed by atoms with Crippen LogP contribution in [0.5, 0.6) is 0 Å². The highest BCUT2D eigenvalue weighted by atomic mass is 33.1.